The topological polar surface area (TPSA) is 224 Å². The van der Waals surface area contributed by atoms with Gasteiger partial charge in [-0.25, -0.2) is 0 Å². The Hall–Kier alpha value is -14.0. The summed E-state index contributed by atoms with van der Waals surface area (Å²) in [5.74, 6) is 0. The van der Waals surface area contributed by atoms with Gasteiger partial charge in [-0.05, 0) is 213 Å². The van der Waals surface area contributed by atoms with Crippen molar-refractivity contribution in [2.45, 2.75) is 12.4 Å². The molecule has 94 heavy (non-hydrogen) atoms. The minimum atomic E-state index is -5.30. The van der Waals surface area contributed by atoms with E-state index in [0.29, 0.717) is 111 Å². The molecule has 0 aliphatic heterocycles. The summed E-state index contributed by atoms with van der Waals surface area (Å²) in [6, 6.07) is 70.5. The third-order valence-corrected chi connectivity index (χ3v) is 16.5. The first-order chi connectivity index (χ1) is 45.3. The van der Waals surface area contributed by atoms with E-state index in [1.54, 1.807) is 102 Å². The average molecular weight is 1230 g/mol. The molecule has 13 rings (SSSR count). The van der Waals surface area contributed by atoms with E-state index in [1.165, 1.54) is 36.4 Å². The summed E-state index contributed by atoms with van der Waals surface area (Å²) in [5.41, 5.74) is 5.82. The maximum Gasteiger partial charge on any atom is 0.417 e. The SMILES string of the molecule is N#Cc1cc(C#N)cc(-c2ccc3c(c2)c2cc(-c4cc(C#N)cc(C#N)c4)ccc2n3-c2ccc(C#N)cc2-c2ccc(-c3ccc(C(F)(F)F)cc3C(F)(F)F)cc2-n2c3ccc(-c4cc(C#N)cc(C#N)c4)cc3c3cc(-c4cc(C#N)cc(C#N)c4)ccc32)c1. The van der Waals surface area contributed by atoms with E-state index in [1.807, 2.05) is 53.1 Å². The van der Waals surface area contributed by atoms with Crippen molar-refractivity contribution < 1.29 is 26.3 Å². The largest absolute Gasteiger partial charge is 0.417 e. The minimum absolute atomic E-state index is 0.0728. The second-order valence-corrected chi connectivity index (χ2v) is 22.0. The first kappa shape index (κ1) is 59.0. The summed E-state index contributed by atoms with van der Waals surface area (Å²) in [6.07, 6.45) is -10.4. The maximum atomic E-state index is 15.4. The maximum absolute atomic E-state index is 15.4. The number of hydrogen-bond donors (Lipinski definition) is 0. The fourth-order valence-corrected chi connectivity index (χ4v) is 12.3. The molecule has 0 radical (unpaired) electrons. The summed E-state index contributed by atoms with van der Waals surface area (Å²) in [4.78, 5) is 0. The van der Waals surface area contributed by atoms with Gasteiger partial charge in [0.25, 0.3) is 0 Å². The summed E-state index contributed by atoms with van der Waals surface area (Å²) in [6.45, 7) is 0. The van der Waals surface area contributed by atoms with Crippen LogP contribution in [0.25, 0.3) is 122 Å². The van der Waals surface area contributed by atoms with E-state index in [-0.39, 0.29) is 67.4 Å². The van der Waals surface area contributed by atoms with Gasteiger partial charge in [0.1, 0.15) is 0 Å². The van der Waals surface area contributed by atoms with Crippen LogP contribution in [0.2, 0.25) is 0 Å². The molecule has 0 unspecified atom stereocenters. The molecule has 0 spiro atoms. The van der Waals surface area contributed by atoms with Crippen LogP contribution in [0, 0.1) is 102 Å². The second kappa shape index (κ2) is 22.9. The molecule has 0 aliphatic carbocycles. The first-order valence-corrected chi connectivity index (χ1v) is 28.3. The molecule has 11 aromatic carbocycles. The molecule has 2 heterocycles. The predicted molar refractivity (Wildman–Crippen MR) is 340 cm³/mol. The second-order valence-electron chi connectivity index (χ2n) is 22.0. The zero-order chi connectivity index (χ0) is 65.9. The summed E-state index contributed by atoms with van der Waals surface area (Å²) in [5, 5.41) is 93.3. The molecule has 0 amide bonds. The van der Waals surface area contributed by atoms with Crippen LogP contribution in [0.1, 0.15) is 61.2 Å². The predicted octanol–water partition coefficient (Wildman–Crippen LogP) is 18.8. The quantitative estimate of drug-likeness (QED) is 0.132. The molecule has 0 bridgehead atoms. The highest BCUT2D eigenvalue weighted by molar-refractivity contribution is 6.14. The zero-order valence-corrected chi connectivity index (χ0v) is 48.2. The van der Waals surface area contributed by atoms with Gasteiger partial charge < -0.3 is 9.13 Å². The molecule has 438 valence electrons. The van der Waals surface area contributed by atoms with Crippen molar-refractivity contribution >= 4 is 43.6 Å². The van der Waals surface area contributed by atoms with Gasteiger partial charge in [0.05, 0.1) is 149 Å². The number of alkyl halides is 6. The number of nitriles is 9. The molecule has 0 N–H and O–H groups in total. The van der Waals surface area contributed by atoms with E-state index in [9.17, 15) is 60.5 Å². The third kappa shape index (κ3) is 10.4. The summed E-state index contributed by atoms with van der Waals surface area (Å²) < 4.78 is 92.8. The smallest absolute Gasteiger partial charge is 0.309 e. The fraction of sp³-hybridized carbons (Fsp3) is 0.0260. The van der Waals surface area contributed by atoms with Gasteiger partial charge in [-0.1, -0.05) is 42.5 Å². The van der Waals surface area contributed by atoms with Crippen LogP contribution in [-0.4, -0.2) is 9.13 Å². The van der Waals surface area contributed by atoms with Crippen LogP contribution in [0.15, 0.2) is 200 Å². The van der Waals surface area contributed by atoms with Crippen molar-refractivity contribution in [3.8, 4) is 133 Å². The summed E-state index contributed by atoms with van der Waals surface area (Å²) in [7, 11) is 0. The first-order valence-electron chi connectivity index (χ1n) is 28.3. The zero-order valence-electron chi connectivity index (χ0n) is 48.2. The Bertz CT molecular complexity index is 5520. The Morgan fingerprint density at radius 3 is 0.872 bits per heavy atom. The molecule has 0 fully saturated rings. The fourth-order valence-electron chi connectivity index (χ4n) is 12.3. The van der Waals surface area contributed by atoms with E-state index >= 15 is 13.2 Å². The molecular weight excluding hydrogens is 1190 g/mol. The van der Waals surface area contributed by atoms with Crippen molar-refractivity contribution in [1.29, 1.82) is 47.4 Å². The van der Waals surface area contributed by atoms with Crippen LogP contribution in [-0.2, 0) is 12.4 Å². The number of fused-ring (bicyclic) bond motifs is 6. The monoisotopic (exact) mass is 1230 g/mol. The molecule has 13 aromatic rings. The Balaban J connectivity index is 1.15. The van der Waals surface area contributed by atoms with Gasteiger partial charge >= 0.3 is 12.4 Å². The van der Waals surface area contributed by atoms with Gasteiger partial charge in [0.2, 0.25) is 0 Å². The van der Waals surface area contributed by atoms with Gasteiger partial charge in [0.15, 0.2) is 0 Å². The molecule has 17 heteroatoms. The molecular formula is C77H33F6N11. The lowest BCUT2D eigenvalue weighted by Gasteiger charge is -2.21. The Kier molecular flexibility index (Phi) is 14.4. The number of nitrogens with zero attached hydrogens (tertiary/aromatic N) is 11. The highest BCUT2D eigenvalue weighted by Gasteiger charge is 2.39. The molecule has 11 nitrogen and oxygen atoms in total. The van der Waals surface area contributed by atoms with E-state index in [0.717, 1.165) is 6.07 Å². The van der Waals surface area contributed by atoms with E-state index < -0.39 is 29.0 Å². The van der Waals surface area contributed by atoms with Gasteiger partial charge in [-0.15, -0.1) is 0 Å². The molecule has 0 saturated heterocycles. The molecule has 2 aromatic heterocycles. The number of hydrogen-bond acceptors (Lipinski definition) is 9. The van der Waals surface area contributed by atoms with Crippen LogP contribution < -0.4 is 0 Å². The van der Waals surface area contributed by atoms with Crippen molar-refractivity contribution in [3.05, 3.63) is 261 Å². The highest BCUT2D eigenvalue weighted by atomic mass is 19.4. The molecule has 0 aliphatic rings. The Morgan fingerprint density at radius 2 is 0.553 bits per heavy atom. The van der Waals surface area contributed by atoms with Crippen LogP contribution in [0.3, 0.4) is 0 Å². The molecule has 0 saturated carbocycles. The number of benzene rings is 11. The number of halogens is 6. The van der Waals surface area contributed by atoms with Gasteiger partial charge in [-0.2, -0.15) is 73.7 Å². The Labute approximate surface area is 530 Å². The number of aromatic nitrogens is 2. The third-order valence-electron chi connectivity index (χ3n) is 16.5. The van der Waals surface area contributed by atoms with E-state index in [4.69, 9.17) is 0 Å². The van der Waals surface area contributed by atoms with Crippen molar-refractivity contribution in [2.75, 3.05) is 0 Å². The lowest BCUT2D eigenvalue weighted by molar-refractivity contribution is -0.142. The van der Waals surface area contributed by atoms with Crippen molar-refractivity contribution in [2.24, 2.45) is 0 Å². The minimum Gasteiger partial charge on any atom is -0.309 e. The van der Waals surface area contributed by atoms with Crippen molar-refractivity contribution in [3.63, 3.8) is 0 Å². The van der Waals surface area contributed by atoms with Gasteiger partial charge in [0, 0.05) is 32.7 Å². The Morgan fingerprint density at radius 1 is 0.234 bits per heavy atom. The van der Waals surface area contributed by atoms with Crippen LogP contribution in [0.4, 0.5) is 26.3 Å². The lowest BCUT2D eigenvalue weighted by atomic mass is 9.92. The standard InChI is InChI=1S/C77H33F6N11/c78-76(79,80)61-7-9-62(69(33-61)77(81,82)83)56-2-8-63(75(32-56)94-73-13-5-54(59-23-48(39-89)17-49(24-59)40-90)30-67(73)68-31-55(6-14-74(68)94)60-25-50(41-91)18-51(26-60)42-92)64-27-43(34-84)1-10-70(64)93-71-11-3-52(57-19-44(35-85)15-45(20-57)36-86)28-65(71)66-29-53(4-12-72(66)93)58-21-46(37-87)16-47(22-58)38-88/h1-33H. The highest BCUT2D eigenvalue weighted by Crippen LogP contribution is 2.48. The van der Waals surface area contributed by atoms with Gasteiger partial charge in [-0.3, -0.25) is 0 Å². The van der Waals surface area contributed by atoms with Crippen LogP contribution in [0.5, 0.6) is 0 Å². The van der Waals surface area contributed by atoms with Crippen molar-refractivity contribution in [1.82, 2.24) is 9.13 Å². The number of rotatable bonds is 8. The summed E-state index contributed by atoms with van der Waals surface area (Å²) >= 11 is 0. The van der Waals surface area contributed by atoms with Crippen LogP contribution >= 0.6 is 0 Å². The lowest BCUT2D eigenvalue weighted by Crippen LogP contribution is -2.12. The molecule has 0 atom stereocenters. The van der Waals surface area contributed by atoms with E-state index in [2.05, 4.69) is 54.6 Å². The normalized spacial score (nSPS) is 11.2. The average Bonchev–Trinajstić information content (AvgIpc) is 1.55.